The van der Waals surface area contributed by atoms with E-state index in [1.54, 1.807) is 0 Å². The van der Waals surface area contributed by atoms with Crippen LogP contribution in [0.25, 0.3) is 0 Å². The Morgan fingerprint density at radius 3 is 2.61 bits per heavy atom. The molecule has 1 aliphatic carbocycles. The van der Waals surface area contributed by atoms with Gasteiger partial charge in [-0.1, -0.05) is 30.3 Å². The summed E-state index contributed by atoms with van der Waals surface area (Å²) in [5, 5.41) is 3.54. The molecule has 2 nitrogen and oxygen atoms in total. The third-order valence-corrected chi connectivity index (χ3v) is 4.18. The highest BCUT2D eigenvalue weighted by Crippen LogP contribution is 2.29. The topological polar surface area (TPSA) is 15.3 Å². The highest BCUT2D eigenvalue weighted by atomic mass is 15.2. The molecule has 1 aromatic carbocycles. The third-order valence-electron chi connectivity index (χ3n) is 4.18. The van der Waals surface area contributed by atoms with Crippen molar-refractivity contribution >= 4 is 0 Å². The second kappa shape index (κ2) is 5.85. The Hall–Kier alpha value is -0.860. The van der Waals surface area contributed by atoms with Crippen molar-refractivity contribution in [3.05, 3.63) is 35.9 Å². The zero-order valence-corrected chi connectivity index (χ0v) is 11.1. The molecule has 0 bridgehead atoms. The Kier molecular flexibility index (Phi) is 3.96. The predicted octanol–water partition coefficient (Wildman–Crippen LogP) is 2.65. The third kappa shape index (κ3) is 3.33. The van der Waals surface area contributed by atoms with Crippen molar-refractivity contribution in [3.8, 4) is 0 Å². The maximum absolute atomic E-state index is 3.54. The number of nitrogens with one attached hydrogen (secondary N) is 1. The average Bonchev–Trinajstić information content (AvgIpc) is 3.25. The minimum Gasteiger partial charge on any atom is -0.316 e. The van der Waals surface area contributed by atoms with Crippen LogP contribution in [-0.2, 0) is 6.54 Å². The first kappa shape index (κ1) is 12.2. The molecule has 1 saturated heterocycles. The molecule has 2 aliphatic rings. The van der Waals surface area contributed by atoms with E-state index in [9.17, 15) is 0 Å². The summed E-state index contributed by atoms with van der Waals surface area (Å²) in [6.45, 7) is 4.87. The summed E-state index contributed by atoms with van der Waals surface area (Å²) in [5.74, 6) is 0.864. The van der Waals surface area contributed by atoms with Crippen molar-refractivity contribution in [3.63, 3.8) is 0 Å². The fraction of sp³-hybridized carbons (Fsp3) is 0.625. The van der Waals surface area contributed by atoms with Gasteiger partial charge in [0.2, 0.25) is 0 Å². The molecular weight excluding hydrogens is 220 g/mol. The van der Waals surface area contributed by atoms with Crippen LogP contribution in [0.15, 0.2) is 30.3 Å². The quantitative estimate of drug-likeness (QED) is 0.856. The molecule has 1 heterocycles. The normalized spacial score (nSPS) is 24.4. The van der Waals surface area contributed by atoms with E-state index < -0.39 is 0 Å². The lowest BCUT2D eigenvalue weighted by Crippen LogP contribution is -2.39. The summed E-state index contributed by atoms with van der Waals surface area (Å²) in [6, 6.07) is 11.8. The minimum absolute atomic E-state index is 0.864. The molecule has 98 valence electrons. The number of benzene rings is 1. The van der Waals surface area contributed by atoms with E-state index in [0.29, 0.717) is 0 Å². The molecule has 0 aromatic heterocycles. The maximum atomic E-state index is 3.54. The van der Waals surface area contributed by atoms with Crippen LogP contribution in [0.3, 0.4) is 0 Å². The molecule has 2 heteroatoms. The molecule has 0 amide bonds. The van der Waals surface area contributed by atoms with Crippen LogP contribution in [0.2, 0.25) is 0 Å². The molecule has 1 atom stereocenters. The van der Waals surface area contributed by atoms with Gasteiger partial charge >= 0.3 is 0 Å². The van der Waals surface area contributed by atoms with Gasteiger partial charge in [-0.05, 0) is 50.3 Å². The Morgan fingerprint density at radius 2 is 1.94 bits per heavy atom. The van der Waals surface area contributed by atoms with Crippen molar-refractivity contribution in [1.82, 2.24) is 10.2 Å². The molecule has 18 heavy (non-hydrogen) atoms. The summed E-state index contributed by atoms with van der Waals surface area (Å²) in [5.41, 5.74) is 1.47. The van der Waals surface area contributed by atoms with E-state index in [1.807, 2.05) is 0 Å². The molecular formula is C16H24N2. The monoisotopic (exact) mass is 244 g/mol. The van der Waals surface area contributed by atoms with Crippen LogP contribution in [0.4, 0.5) is 0 Å². The summed E-state index contributed by atoms with van der Waals surface area (Å²) in [7, 11) is 0. The number of rotatable bonds is 5. The fourth-order valence-electron chi connectivity index (χ4n) is 3.01. The van der Waals surface area contributed by atoms with E-state index in [1.165, 1.54) is 50.9 Å². The van der Waals surface area contributed by atoms with Gasteiger partial charge in [0.05, 0.1) is 0 Å². The van der Waals surface area contributed by atoms with E-state index in [-0.39, 0.29) is 0 Å². The van der Waals surface area contributed by atoms with Gasteiger partial charge in [-0.2, -0.15) is 0 Å². The zero-order valence-electron chi connectivity index (χ0n) is 11.1. The van der Waals surface area contributed by atoms with Gasteiger partial charge in [-0.25, -0.2) is 0 Å². The van der Waals surface area contributed by atoms with Gasteiger partial charge in [-0.3, -0.25) is 4.90 Å². The standard InChI is InChI=1S/C16H24N2/c1-2-5-14(6-3-1)12-18(16-8-9-16)13-15-7-4-10-17-11-15/h1-3,5-6,15-17H,4,7-13H2/t15-/m1/s1. The van der Waals surface area contributed by atoms with Crippen molar-refractivity contribution in [1.29, 1.82) is 0 Å². The van der Waals surface area contributed by atoms with Crippen LogP contribution < -0.4 is 5.32 Å². The molecule has 3 rings (SSSR count). The highest BCUT2D eigenvalue weighted by molar-refractivity contribution is 5.15. The fourth-order valence-corrected chi connectivity index (χ4v) is 3.01. The van der Waals surface area contributed by atoms with Gasteiger partial charge in [0, 0.05) is 19.1 Å². The van der Waals surface area contributed by atoms with Gasteiger partial charge in [0.15, 0.2) is 0 Å². The first-order valence-electron chi connectivity index (χ1n) is 7.40. The molecule has 0 spiro atoms. The summed E-state index contributed by atoms with van der Waals surface area (Å²) in [4.78, 5) is 2.72. The average molecular weight is 244 g/mol. The lowest BCUT2D eigenvalue weighted by Gasteiger charge is -2.30. The van der Waals surface area contributed by atoms with E-state index in [0.717, 1.165) is 18.5 Å². The van der Waals surface area contributed by atoms with E-state index in [2.05, 4.69) is 40.5 Å². The second-order valence-corrected chi connectivity index (χ2v) is 5.86. The van der Waals surface area contributed by atoms with Gasteiger partial charge in [0.1, 0.15) is 0 Å². The smallest absolute Gasteiger partial charge is 0.0236 e. The number of hydrogen-bond donors (Lipinski definition) is 1. The summed E-state index contributed by atoms with van der Waals surface area (Å²) in [6.07, 6.45) is 5.58. The Labute approximate surface area is 110 Å². The molecule has 1 saturated carbocycles. The molecule has 0 radical (unpaired) electrons. The molecule has 1 aromatic rings. The van der Waals surface area contributed by atoms with Crippen LogP contribution in [0.5, 0.6) is 0 Å². The Balaban J connectivity index is 1.58. The zero-order chi connectivity index (χ0) is 12.2. The summed E-state index contributed by atoms with van der Waals surface area (Å²) >= 11 is 0. The first-order valence-corrected chi connectivity index (χ1v) is 7.40. The number of nitrogens with zero attached hydrogens (tertiary/aromatic N) is 1. The maximum Gasteiger partial charge on any atom is 0.0236 e. The van der Waals surface area contributed by atoms with Gasteiger partial charge in [0.25, 0.3) is 0 Å². The van der Waals surface area contributed by atoms with Crippen LogP contribution >= 0.6 is 0 Å². The molecule has 1 aliphatic heterocycles. The van der Waals surface area contributed by atoms with E-state index in [4.69, 9.17) is 0 Å². The van der Waals surface area contributed by atoms with Crippen molar-refractivity contribution < 1.29 is 0 Å². The first-order chi connectivity index (χ1) is 8.92. The number of piperidine rings is 1. The summed E-state index contributed by atoms with van der Waals surface area (Å²) < 4.78 is 0. The molecule has 0 unspecified atom stereocenters. The predicted molar refractivity (Wildman–Crippen MR) is 75.5 cm³/mol. The van der Waals surface area contributed by atoms with Crippen molar-refractivity contribution in [2.45, 2.75) is 38.3 Å². The van der Waals surface area contributed by atoms with E-state index >= 15 is 0 Å². The SMILES string of the molecule is c1ccc(CN(C[C@@H]2CCCNC2)C2CC2)cc1. The van der Waals surface area contributed by atoms with Crippen molar-refractivity contribution in [2.24, 2.45) is 5.92 Å². The Bertz CT molecular complexity index is 353. The molecule has 2 fully saturated rings. The van der Waals surface area contributed by atoms with Gasteiger partial charge < -0.3 is 5.32 Å². The Morgan fingerprint density at radius 1 is 1.11 bits per heavy atom. The van der Waals surface area contributed by atoms with Crippen molar-refractivity contribution in [2.75, 3.05) is 19.6 Å². The highest BCUT2D eigenvalue weighted by Gasteiger charge is 2.30. The lowest BCUT2D eigenvalue weighted by molar-refractivity contribution is 0.193. The lowest BCUT2D eigenvalue weighted by atomic mass is 9.98. The minimum atomic E-state index is 0.864. The van der Waals surface area contributed by atoms with Crippen LogP contribution in [0, 0.1) is 5.92 Å². The van der Waals surface area contributed by atoms with Crippen LogP contribution in [0.1, 0.15) is 31.2 Å². The van der Waals surface area contributed by atoms with Gasteiger partial charge in [-0.15, -0.1) is 0 Å². The van der Waals surface area contributed by atoms with Crippen LogP contribution in [-0.4, -0.2) is 30.6 Å². The second-order valence-electron chi connectivity index (χ2n) is 5.86. The largest absolute Gasteiger partial charge is 0.316 e. The molecule has 1 N–H and O–H groups in total. The number of hydrogen-bond acceptors (Lipinski definition) is 2.